The Morgan fingerprint density at radius 3 is 2.95 bits per heavy atom. The maximum atomic E-state index is 11.7. The first-order valence-corrected chi connectivity index (χ1v) is 6.44. The van der Waals surface area contributed by atoms with Crippen LogP contribution >= 0.6 is 0 Å². The fourth-order valence-corrected chi connectivity index (χ4v) is 2.17. The minimum atomic E-state index is -0.190. The minimum Gasteiger partial charge on any atom is -0.459 e. The lowest BCUT2D eigenvalue weighted by Crippen LogP contribution is -2.26. The number of furan rings is 1. The van der Waals surface area contributed by atoms with E-state index >= 15 is 0 Å². The number of nitrogens with one attached hydrogen (secondary N) is 1. The molecule has 2 heterocycles. The van der Waals surface area contributed by atoms with Crippen molar-refractivity contribution in [1.82, 2.24) is 14.9 Å². The summed E-state index contributed by atoms with van der Waals surface area (Å²) in [6.07, 6.45) is 4.06. The predicted molar refractivity (Wildman–Crippen MR) is 72.1 cm³/mol. The molecule has 2 aromatic heterocycles. The summed E-state index contributed by atoms with van der Waals surface area (Å²) < 4.78 is 7.21. The van der Waals surface area contributed by atoms with Gasteiger partial charge in [0, 0.05) is 30.9 Å². The van der Waals surface area contributed by atoms with Gasteiger partial charge in [-0.1, -0.05) is 0 Å². The third-order valence-electron chi connectivity index (χ3n) is 2.95. The van der Waals surface area contributed by atoms with Crippen LogP contribution in [-0.4, -0.2) is 22.0 Å². The van der Waals surface area contributed by atoms with Gasteiger partial charge in [-0.05, 0) is 32.9 Å². The Balaban J connectivity index is 1.91. The van der Waals surface area contributed by atoms with E-state index in [0.29, 0.717) is 24.8 Å². The van der Waals surface area contributed by atoms with Gasteiger partial charge < -0.3 is 14.3 Å². The highest BCUT2D eigenvalue weighted by Gasteiger charge is 2.11. The molecule has 0 atom stereocenters. The molecule has 1 amide bonds. The number of carbonyl (C=O) groups is 1. The average Bonchev–Trinajstić information content (AvgIpc) is 2.98. The van der Waals surface area contributed by atoms with Gasteiger partial charge in [0.05, 0.1) is 6.26 Å². The normalized spacial score (nSPS) is 10.9. The standard InChI is InChI=1S/C14H19N3O2/c1-10(2)17-11(3)9-16-13(17)6-7-15-14(18)12-5-4-8-19-12/h4-5,8-10H,6-7H2,1-3H3,(H,15,18). The topological polar surface area (TPSA) is 60.1 Å². The fourth-order valence-electron chi connectivity index (χ4n) is 2.17. The van der Waals surface area contributed by atoms with Crippen LogP contribution in [0.4, 0.5) is 0 Å². The Morgan fingerprint density at radius 1 is 1.53 bits per heavy atom. The van der Waals surface area contributed by atoms with E-state index in [1.165, 1.54) is 6.26 Å². The molecular formula is C14H19N3O2. The summed E-state index contributed by atoms with van der Waals surface area (Å²) in [5.41, 5.74) is 1.14. The number of aromatic nitrogens is 2. The van der Waals surface area contributed by atoms with E-state index in [1.54, 1.807) is 12.1 Å². The van der Waals surface area contributed by atoms with Crippen LogP contribution in [0.2, 0.25) is 0 Å². The number of nitrogens with zero attached hydrogens (tertiary/aromatic N) is 2. The first-order chi connectivity index (χ1) is 9.09. The molecule has 102 valence electrons. The zero-order valence-corrected chi connectivity index (χ0v) is 11.5. The number of hydrogen-bond donors (Lipinski definition) is 1. The number of imidazole rings is 1. The highest BCUT2D eigenvalue weighted by molar-refractivity contribution is 5.91. The molecule has 5 heteroatoms. The van der Waals surface area contributed by atoms with E-state index in [0.717, 1.165) is 11.5 Å². The smallest absolute Gasteiger partial charge is 0.286 e. The summed E-state index contributed by atoms with van der Waals surface area (Å²) >= 11 is 0. The number of carbonyl (C=O) groups excluding carboxylic acids is 1. The van der Waals surface area contributed by atoms with Crippen LogP contribution < -0.4 is 5.32 Å². The number of hydrogen-bond acceptors (Lipinski definition) is 3. The van der Waals surface area contributed by atoms with Crippen LogP contribution in [0.25, 0.3) is 0 Å². The van der Waals surface area contributed by atoms with Gasteiger partial charge in [-0.25, -0.2) is 4.98 Å². The van der Waals surface area contributed by atoms with Crippen LogP contribution in [0.1, 0.15) is 42.0 Å². The second-order valence-corrected chi connectivity index (χ2v) is 4.76. The third kappa shape index (κ3) is 3.05. The number of rotatable bonds is 5. The van der Waals surface area contributed by atoms with Crippen LogP contribution in [0.5, 0.6) is 0 Å². The van der Waals surface area contributed by atoms with Crippen molar-refractivity contribution in [3.05, 3.63) is 41.9 Å². The average molecular weight is 261 g/mol. The molecule has 0 fully saturated rings. The Kier molecular flexibility index (Phi) is 4.04. The quantitative estimate of drug-likeness (QED) is 0.898. The lowest BCUT2D eigenvalue weighted by molar-refractivity contribution is 0.0926. The van der Waals surface area contributed by atoms with Gasteiger partial charge in [-0.15, -0.1) is 0 Å². The van der Waals surface area contributed by atoms with E-state index in [9.17, 15) is 4.79 Å². The Bertz CT molecular complexity index is 541. The van der Waals surface area contributed by atoms with Gasteiger partial charge in [0.2, 0.25) is 0 Å². The maximum Gasteiger partial charge on any atom is 0.286 e. The molecule has 0 saturated heterocycles. The van der Waals surface area contributed by atoms with Crippen molar-refractivity contribution < 1.29 is 9.21 Å². The molecule has 5 nitrogen and oxygen atoms in total. The highest BCUT2D eigenvalue weighted by Crippen LogP contribution is 2.13. The predicted octanol–water partition coefficient (Wildman–Crippen LogP) is 2.34. The minimum absolute atomic E-state index is 0.190. The lowest BCUT2D eigenvalue weighted by atomic mass is 10.3. The number of aryl methyl sites for hydroxylation is 1. The largest absolute Gasteiger partial charge is 0.459 e. The van der Waals surface area contributed by atoms with Gasteiger partial charge in [-0.2, -0.15) is 0 Å². The molecule has 0 unspecified atom stereocenters. The molecule has 0 aliphatic carbocycles. The second kappa shape index (κ2) is 5.73. The van der Waals surface area contributed by atoms with Crippen LogP contribution in [0.3, 0.4) is 0 Å². The van der Waals surface area contributed by atoms with Crippen LogP contribution in [0, 0.1) is 6.92 Å². The van der Waals surface area contributed by atoms with Crippen LogP contribution in [-0.2, 0) is 6.42 Å². The maximum absolute atomic E-state index is 11.7. The molecule has 0 radical (unpaired) electrons. The van der Waals surface area contributed by atoms with Crippen molar-refractivity contribution in [3.63, 3.8) is 0 Å². The summed E-state index contributed by atoms with van der Waals surface area (Å²) in [6, 6.07) is 3.72. The summed E-state index contributed by atoms with van der Waals surface area (Å²) in [6.45, 7) is 6.83. The van der Waals surface area contributed by atoms with E-state index < -0.39 is 0 Å². The Morgan fingerprint density at radius 2 is 2.32 bits per heavy atom. The summed E-state index contributed by atoms with van der Waals surface area (Å²) in [4.78, 5) is 16.1. The molecule has 0 spiro atoms. The van der Waals surface area contributed by atoms with Crippen molar-refractivity contribution >= 4 is 5.91 Å². The first kappa shape index (κ1) is 13.4. The van der Waals surface area contributed by atoms with Crippen molar-refractivity contribution in [3.8, 4) is 0 Å². The molecule has 0 aromatic carbocycles. The van der Waals surface area contributed by atoms with Crippen molar-refractivity contribution in [1.29, 1.82) is 0 Å². The molecule has 19 heavy (non-hydrogen) atoms. The van der Waals surface area contributed by atoms with Crippen molar-refractivity contribution in [2.24, 2.45) is 0 Å². The van der Waals surface area contributed by atoms with Gasteiger partial charge in [-0.3, -0.25) is 4.79 Å². The third-order valence-corrected chi connectivity index (χ3v) is 2.95. The zero-order valence-electron chi connectivity index (χ0n) is 11.5. The molecule has 0 saturated carbocycles. The zero-order chi connectivity index (χ0) is 13.8. The molecular weight excluding hydrogens is 242 g/mol. The van der Waals surface area contributed by atoms with Crippen LogP contribution in [0.15, 0.2) is 29.0 Å². The van der Waals surface area contributed by atoms with Gasteiger partial charge in [0.25, 0.3) is 5.91 Å². The molecule has 0 aliphatic rings. The first-order valence-electron chi connectivity index (χ1n) is 6.44. The summed E-state index contributed by atoms with van der Waals surface area (Å²) in [5, 5.41) is 2.82. The van der Waals surface area contributed by atoms with E-state index in [1.807, 2.05) is 13.1 Å². The van der Waals surface area contributed by atoms with E-state index in [2.05, 4.69) is 28.7 Å². The molecule has 2 rings (SSSR count). The molecule has 0 aliphatic heterocycles. The monoisotopic (exact) mass is 261 g/mol. The summed E-state index contributed by atoms with van der Waals surface area (Å²) in [5.74, 6) is 1.14. The fraction of sp³-hybridized carbons (Fsp3) is 0.429. The molecule has 0 bridgehead atoms. The lowest BCUT2D eigenvalue weighted by Gasteiger charge is -2.14. The Hall–Kier alpha value is -2.04. The molecule has 2 aromatic rings. The SMILES string of the molecule is Cc1cnc(CCNC(=O)c2ccco2)n1C(C)C. The highest BCUT2D eigenvalue weighted by atomic mass is 16.3. The number of amides is 1. The Labute approximate surface area is 112 Å². The second-order valence-electron chi connectivity index (χ2n) is 4.76. The van der Waals surface area contributed by atoms with Gasteiger partial charge in [0.1, 0.15) is 5.82 Å². The van der Waals surface area contributed by atoms with Crippen molar-refractivity contribution in [2.45, 2.75) is 33.2 Å². The van der Waals surface area contributed by atoms with E-state index in [-0.39, 0.29) is 5.91 Å². The molecule has 1 N–H and O–H groups in total. The van der Waals surface area contributed by atoms with Crippen molar-refractivity contribution in [2.75, 3.05) is 6.54 Å². The van der Waals surface area contributed by atoms with Gasteiger partial charge in [0.15, 0.2) is 5.76 Å². The summed E-state index contributed by atoms with van der Waals surface area (Å²) in [7, 11) is 0. The van der Waals surface area contributed by atoms with E-state index in [4.69, 9.17) is 4.42 Å². The van der Waals surface area contributed by atoms with Gasteiger partial charge >= 0.3 is 0 Å².